The number of thiophene rings is 1. The van der Waals surface area contributed by atoms with E-state index in [-0.39, 0.29) is 44.3 Å². The van der Waals surface area contributed by atoms with Crippen LogP contribution in [0.4, 0.5) is 18.9 Å². The quantitative estimate of drug-likeness (QED) is 0.204. The van der Waals surface area contributed by atoms with Crippen molar-refractivity contribution in [3.8, 4) is 16.9 Å². The van der Waals surface area contributed by atoms with Crippen molar-refractivity contribution in [1.29, 1.82) is 0 Å². The van der Waals surface area contributed by atoms with E-state index < -0.39 is 29.8 Å². The van der Waals surface area contributed by atoms with E-state index in [2.05, 4.69) is 10.3 Å². The monoisotopic (exact) mass is 571 g/mol. The number of nitrogens with one attached hydrogen (secondary N) is 1. The lowest BCUT2D eigenvalue weighted by molar-refractivity contribution is 0.0992. The number of hydrogen-bond donors (Lipinski definition) is 2. The highest BCUT2D eigenvalue weighted by molar-refractivity contribution is 7.21. The van der Waals surface area contributed by atoms with E-state index in [1.54, 1.807) is 30.3 Å². The maximum Gasteiger partial charge on any atom is 0.291 e. The van der Waals surface area contributed by atoms with Gasteiger partial charge in [-0.1, -0.05) is 41.9 Å². The molecule has 5 aromatic rings. The number of rotatable bonds is 8. The molecule has 0 aliphatic heterocycles. The molecule has 7 nitrogen and oxygen atoms in total. The Bertz CT molecular complexity index is 1710. The van der Waals surface area contributed by atoms with Gasteiger partial charge in [-0.15, -0.1) is 11.3 Å². The average Bonchev–Trinajstić information content (AvgIpc) is 3.53. The van der Waals surface area contributed by atoms with Gasteiger partial charge in [0.05, 0.1) is 10.7 Å². The predicted octanol–water partition coefficient (Wildman–Crippen LogP) is 7.22. The van der Waals surface area contributed by atoms with E-state index in [1.165, 1.54) is 30.3 Å². The molecule has 198 valence electrons. The Labute approximate surface area is 228 Å². The third-order valence-corrected chi connectivity index (χ3v) is 7.00. The van der Waals surface area contributed by atoms with Gasteiger partial charge in [-0.05, 0) is 47.5 Å². The molecule has 0 bridgehead atoms. The summed E-state index contributed by atoms with van der Waals surface area (Å²) in [6.07, 6.45) is -2.86. The highest BCUT2D eigenvalue weighted by Gasteiger charge is 2.26. The maximum atomic E-state index is 13.6. The molecule has 2 amide bonds. The molecule has 0 saturated heterocycles. The number of nitrogens with two attached hydrogens (primary N) is 1. The summed E-state index contributed by atoms with van der Waals surface area (Å²) in [6.45, 7) is -0.106. The van der Waals surface area contributed by atoms with Gasteiger partial charge in [0.2, 0.25) is 0 Å². The van der Waals surface area contributed by atoms with Gasteiger partial charge in [0, 0.05) is 5.39 Å². The summed E-state index contributed by atoms with van der Waals surface area (Å²) in [5.41, 5.74) is 6.05. The first-order valence-electron chi connectivity index (χ1n) is 11.3. The van der Waals surface area contributed by atoms with Crippen molar-refractivity contribution in [2.24, 2.45) is 5.73 Å². The Kier molecular flexibility index (Phi) is 7.27. The SMILES string of the molecule is NC(=O)c1sc2nc(C(F)F)cc(-c3ccccc3)c2c1NC(=O)c1ccc(COc2ccc(F)cc2Cl)o1. The molecule has 0 fully saturated rings. The number of carbonyl (C=O) groups excluding carboxylic acids is 2. The summed E-state index contributed by atoms with van der Waals surface area (Å²) < 4.78 is 51.6. The zero-order valence-electron chi connectivity index (χ0n) is 19.7. The first-order chi connectivity index (χ1) is 18.7. The minimum atomic E-state index is -2.86. The molecule has 39 heavy (non-hydrogen) atoms. The van der Waals surface area contributed by atoms with Crippen LogP contribution in [-0.2, 0) is 6.61 Å². The molecule has 3 aromatic heterocycles. The lowest BCUT2D eigenvalue weighted by Crippen LogP contribution is -2.16. The third-order valence-electron chi connectivity index (χ3n) is 5.60. The second kappa shape index (κ2) is 10.8. The molecule has 3 N–H and O–H groups in total. The van der Waals surface area contributed by atoms with Crippen LogP contribution in [0.2, 0.25) is 5.02 Å². The number of furan rings is 1. The zero-order valence-corrected chi connectivity index (χ0v) is 21.3. The number of halogens is 4. The number of benzene rings is 2. The maximum absolute atomic E-state index is 13.6. The van der Waals surface area contributed by atoms with Crippen LogP contribution in [0.25, 0.3) is 21.3 Å². The predicted molar refractivity (Wildman–Crippen MR) is 141 cm³/mol. The number of nitrogens with zero attached hydrogens (tertiary/aromatic N) is 1. The Morgan fingerprint density at radius 1 is 1.10 bits per heavy atom. The minimum absolute atomic E-state index is 0.0342. The zero-order chi connectivity index (χ0) is 27.7. The van der Waals surface area contributed by atoms with Gasteiger partial charge in [0.25, 0.3) is 18.2 Å². The largest absolute Gasteiger partial charge is 0.484 e. The van der Waals surface area contributed by atoms with Crippen LogP contribution in [0.3, 0.4) is 0 Å². The standard InChI is InChI=1S/C27H17ClF3N3O4S/c28-17-10-14(29)6-8-19(17)37-12-15-7-9-20(38-15)26(36)34-22-21-16(13-4-2-1-3-5-13)11-18(24(30)31)33-27(21)39-23(22)25(32)35/h1-11,24H,12H2,(H2,32,35)(H,34,36). The van der Waals surface area contributed by atoms with Crippen LogP contribution in [0.5, 0.6) is 5.75 Å². The molecule has 0 aliphatic rings. The second-order valence-corrected chi connectivity index (χ2v) is 9.60. The summed E-state index contributed by atoms with van der Waals surface area (Å²) in [5.74, 6) is -1.74. The fraction of sp³-hybridized carbons (Fsp3) is 0.0741. The van der Waals surface area contributed by atoms with Crippen LogP contribution in [0.15, 0.2) is 71.1 Å². The van der Waals surface area contributed by atoms with Gasteiger partial charge in [0.1, 0.15) is 39.3 Å². The Morgan fingerprint density at radius 2 is 1.87 bits per heavy atom. The number of pyridine rings is 1. The van der Waals surface area contributed by atoms with E-state index >= 15 is 0 Å². The van der Waals surface area contributed by atoms with Gasteiger partial charge in [0.15, 0.2) is 5.76 Å². The van der Waals surface area contributed by atoms with Crippen molar-refractivity contribution in [2.45, 2.75) is 13.0 Å². The smallest absolute Gasteiger partial charge is 0.291 e. The van der Waals surface area contributed by atoms with E-state index in [9.17, 15) is 22.8 Å². The molecule has 5 rings (SSSR count). The summed E-state index contributed by atoms with van der Waals surface area (Å²) in [4.78, 5) is 29.5. The second-order valence-electron chi connectivity index (χ2n) is 8.20. The molecule has 3 heterocycles. The number of carbonyl (C=O) groups is 2. The third kappa shape index (κ3) is 5.45. The molecule has 12 heteroatoms. The van der Waals surface area contributed by atoms with Crippen LogP contribution in [0.1, 0.15) is 38.1 Å². The van der Waals surface area contributed by atoms with Crippen molar-refractivity contribution >= 4 is 50.7 Å². The van der Waals surface area contributed by atoms with Gasteiger partial charge in [-0.3, -0.25) is 9.59 Å². The first kappa shape index (κ1) is 26.3. The molecule has 0 unspecified atom stereocenters. The highest BCUT2D eigenvalue weighted by Crippen LogP contribution is 2.42. The van der Waals surface area contributed by atoms with Crippen LogP contribution in [-0.4, -0.2) is 16.8 Å². The molecule has 0 saturated carbocycles. The van der Waals surface area contributed by atoms with Crippen molar-refractivity contribution in [3.63, 3.8) is 0 Å². The number of hydrogen-bond acceptors (Lipinski definition) is 6. The molecule has 0 radical (unpaired) electrons. The molecule has 0 spiro atoms. The van der Waals surface area contributed by atoms with Crippen LogP contribution < -0.4 is 15.8 Å². The van der Waals surface area contributed by atoms with Gasteiger partial charge >= 0.3 is 0 Å². The van der Waals surface area contributed by atoms with Crippen molar-refractivity contribution in [3.05, 3.63) is 99.7 Å². The number of fused-ring (bicyclic) bond motifs is 1. The van der Waals surface area contributed by atoms with Crippen molar-refractivity contribution in [2.75, 3.05) is 5.32 Å². The fourth-order valence-corrected chi connectivity index (χ4v) is 5.10. The molecule has 0 atom stereocenters. The number of aromatic nitrogens is 1. The summed E-state index contributed by atoms with van der Waals surface area (Å²) in [5, 5.41) is 3.00. The van der Waals surface area contributed by atoms with Crippen LogP contribution >= 0.6 is 22.9 Å². The summed E-state index contributed by atoms with van der Waals surface area (Å²) in [7, 11) is 0. The Hall–Kier alpha value is -4.35. The average molecular weight is 572 g/mol. The minimum Gasteiger partial charge on any atom is -0.484 e. The van der Waals surface area contributed by atoms with E-state index in [1.807, 2.05) is 0 Å². The Morgan fingerprint density at radius 3 is 2.56 bits per heavy atom. The van der Waals surface area contributed by atoms with E-state index in [4.69, 9.17) is 26.5 Å². The highest BCUT2D eigenvalue weighted by atomic mass is 35.5. The van der Waals surface area contributed by atoms with E-state index in [0.29, 0.717) is 16.5 Å². The van der Waals surface area contributed by atoms with Gasteiger partial charge in [-0.2, -0.15) is 0 Å². The number of primary amides is 1. The molecule has 0 aliphatic carbocycles. The molecular weight excluding hydrogens is 555 g/mol. The van der Waals surface area contributed by atoms with Gasteiger partial charge < -0.3 is 20.2 Å². The number of alkyl halides is 2. The number of ether oxygens (including phenoxy) is 1. The first-order valence-corrected chi connectivity index (χ1v) is 12.5. The molecule has 2 aromatic carbocycles. The lowest BCUT2D eigenvalue weighted by Gasteiger charge is -2.10. The topological polar surface area (TPSA) is 107 Å². The van der Waals surface area contributed by atoms with Gasteiger partial charge in [-0.25, -0.2) is 18.2 Å². The molecular formula is C27H17ClF3N3O4S. The lowest BCUT2D eigenvalue weighted by atomic mass is 10.0. The Balaban J connectivity index is 1.48. The van der Waals surface area contributed by atoms with Crippen molar-refractivity contribution in [1.82, 2.24) is 4.98 Å². The summed E-state index contributed by atoms with van der Waals surface area (Å²) in [6, 6.07) is 16.4. The normalized spacial score (nSPS) is 11.2. The summed E-state index contributed by atoms with van der Waals surface area (Å²) >= 11 is 6.76. The fourth-order valence-electron chi connectivity index (χ4n) is 3.86. The number of anilines is 1. The van der Waals surface area contributed by atoms with Crippen molar-refractivity contribution < 1.29 is 31.9 Å². The van der Waals surface area contributed by atoms with Crippen LogP contribution in [0, 0.1) is 5.82 Å². The van der Waals surface area contributed by atoms with E-state index in [0.717, 1.165) is 17.4 Å². The number of amides is 2.